The Morgan fingerprint density at radius 1 is 0.583 bits per heavy atom. The van der Waals surface area contributed by atoms with Crippen LogP contribution in [0.25, 0.3) is 33.5 Å². The second-order valence-electron chi connectivity index (χ2n) is 5.14. The van der Waals surface area contributed by atoms with Crippen LogP contribution < -0.4 is 0 Å². The highest BCUT2D eigenvalue weighted by Gasteiger charge is 2.12. The Balaban J connectivity index is 1.91. The van der Waals surface area contributed by atoms with E-state index in [1.54, 1.807) is 11.3 Å². The highest BCUT2D eigenvalue weighted by molar-refractivity contribution is 9.11. The number of aromatic nitrogens is 3. The van der Waals surface area contributed by atoms with Crippen LogP contribution in [-0.4, -0.2) is 15.0 Å². The number of hydrogen-bond donors (Lipinski definition) is 0. The Hall–Kier alpha value is -2.37. The highest BCUT2D eigenvalue weighted by Crippen LogP contribution is 2.31. The monoisotopic (exact) mass is 393 g/mol. The molecule has 2 aromatic heterocycles. The van der Waals surface area contributed by atoms with Gasteiger partial charge in [-0.05, 0) is 28.1 Å². The Bertz CT molecular complexity index is 911. The van der Waals surface area contributed by atoms with E-state index in [0.29, 0.717) is 17.5 Å². The van der Waals surface area contributed by atoms with E-state index in [0.717, 1.165) is 19.8 Å². The Morgan fingerprint density at radius 2 is 1.08 bits per heavy atom. The molecule has 0 fully saturated rings. The molecule has 4 rings (SSSR count). The van der Waals surface area contributed by atoms with Gasteiger partial charge in [0.1, 0.15) is 0 Å². The van der Waals surface area contributed by atoms with Crippen molar-refractivity contribution in [2.75, 3.05) is 0 Å². The topological polar surface area (TPSA) is 38.7 Å². The number of benzene rings is 2. The third kappa shape index (κ3) is 3.13. The van der Waals surface area contributed by atoms with E-state index in [2.05, 4.69) is 30.9 Å². The normalized spacial score (nSPS) is 10.7. The summed E-state index contributed by atoms with van der Waals surface area (Å²) >= 11 is 5.12. The molecule has 0 atom stereocenters. The van der Waals surface area contributed by atoms with Crippen LogP contribution in [0.5, 0.6) is 0 Å². The Kier molecular flexibility index (Phi) is 4.19. The van der Waals surface area contributed by atoms with E-state index in [9.17, 15) is 0 Å². The van der Waals surface area contributed by atoms with Crippen molar-refractivity contribution in [1.82, 2.24) is 15.0 Å². The number of nitrogens with zero attached hydrogens (tertiary/aromatic N) is 3. The van der Waals surface area contributed by atoms with Crippen LogP contribution >= 0.6 is 27.3 Å². The molecule has 0 spiro atoms. The van der Waals surface area contributed by atoms with Gasteiger partial charge in [0, 0.05) is 11.1 Å². The van der Waals surface area contributed by atoms with Crippen molar-refractivity contribution in [3.8, 4) is 33.5 Å². The first-order valence-corrected chi connectivity index (χ1v) is 9.03. The molecular weight excluding hydrogens is 382 g/mol. The van der Waals surface area contributed by atoms with Crippen molar-refractivity contribution in [2.45, 2.75) is 0 Å². The highest BCUT2D eigenvalue weighted by atomic mass is 79.9. The summed E-state index contributed by atoms with van der Waals surface area (Å²) in [7, 11) is 0. The van der Waals surface area contributed by atoms with Crippen LogP contribution in [0, 0.1) is 0 Å². The zero-order chi connectivity index (χ0) is 16.4. The SMILES string of the molecule is Brc1ccc(-c2nc(-c3ccccc3)nc(-c3ccccc3)n2)s1. The van der Waals surface area contributed by atoms with Gasteiger partial charge in [-0.25, -0.2) is 15.0 Å². The molecule has 2 aromatic carbocycles. The van der Waals surface area contributed by atoms with Gasteiger partial charge in [0.25, 0.3) is 0 Å². The van der Waals surface area contributed by atoms with Gasteiger partial charge in [-0.2, -0.15) is 0 Å². The van der Waals surface area contributed by atoms with Gasteiger partial charge in [-0.15, -0.1) is 11.3 Å². The zero-order valence-electron chi connectivity index (χ0n) is 12.6. The fraction of sp³-hybridized carbons (Fsp3) is 0. The van der Waals surface area contributed by atoms with E-state index >= 15 is 0 Å². The van der Waals surface area contributed by atoms with Crippen LogP contribution in [0.1, 0.15) is 0 Å². The van der Waals surface area contributed by atoms with Crippen LogP contribution in [0.4, 0.5) is 0 Å². The van der Waals surface area contributed by atoms with Crippen molar-refractivity contribution in [3.05, 3.63) is 76.6 Å². The van der Waals surface area contributed by atoms with E-state index in [1.807, 2.05) is 72.8 Å². The number of halogens is 1. The molecule has 0 unspecified atom stereocenters. The van der Waals surface area contributed by atoms with E-state index in [-0.39, 0.29) is 0 Å². The molecule has 0 aliphatic carbocycles. The third-order valence-electron chi connectivity index (χ3n) is 3.49. The fourth-order valence-electron chi connectivity index (χ4n) is 2.35. The Labute approximate surface area is 152 Å². The summed E-state index contributed by atoms with van der Waals surface area (Å²) in [6, 6.07) is 24.0. The van der Waals surface area contributed by atoms with Crippen molar-refractivity contribution in [1.29, 1.82) is 0 Å². The summed E-state index contributed by atoms with van der Waals surface area (Å²) in [5.41, 5.74) is 1.96. The molecule has 5 heteroatoms. The molecule has 4 aromatic rings. The number of hydrogen-bond acceptors (Lipinski definition) is 4. The maximum atomic E-state index is 4.68. The molecule has 0 radical (unpaired) electrons. The lowest BCUT2D eigenvalue weighted by Gasteiger charge is -2.06. The average molecular weight is 394 g/mol. The van der Waals surface area contributed by atoms with Gasteiger partial charge in [0.15, 0.2) is 17.5 Å². The minimum absolute atomic E-state index is 0.684. The van der Waals surface area contributed by atoms with Gasteiger partial charge in [0.05, 0.1) is 8.66 Å². The summed E-state index contributed by atoms with van der Waals surface area (Å²) in [5, 5.41) is 0. The van der Waals surface area contributed by atoms with Crippen molar-refractivity contribution in [3.63, 3.8) is 0 Å². The average Bonchev–Trinajstić information content (AvgIpc) is 3.09. The molecule has 3 nitrogen and oxygen atoms in total. The minimum Gasteiger partial charge on any atom is -0.208 e. The van der Waals surface area contributed by atoms with Gasteiger partial charge >= 0.3 is 0 Å². The molecule has 0 aliphatic rings. The van der Waals surface area contributed by atoms with Crippen molar-refractivity contribution < 1.29 is 0 Å². The first kappa shape index (κ1) is 15.2. The third-order valence-corrected chi connectivity index (χ3v) is 5.11. The van der Waals surface area contributed by atoms with Gasteiger partial charge in [-0.3, -0.25) is 0 Å². The van der Waals surface area contributed by atoms with E-state index in [1.165, 1.54) is 0 Å². The summed E-state index contributed by atoms with van der Waals surface area (Å²) < 4.78 is 1.06. The second kappa shape index (κ2) is 6.63. The lowest BCUT2D eigenvalue weighted by molar-refractivity contribution is 1.08. The molecule has 0 saturated carbocycles. The lowest BCUT2D eigenvalue weighted by Crippen LogP contribution is -1.99. The van der Waals surface area contributed by atoms with Gasteiger partial charge in [-0.1, -0.05) is 60.7 Å². The largest absolute Gasteiger partial charge is 0.208 e. The first-order valence-electron chi connectivity index (χ1n) is 7.42. The van der Waals surface area contributed by atoms with Crippen LogP contribution in [0.15, 0.2) is 76.6 Å². The van der Waals surface area contributed by atoms with Crippen LogP contribution in [-0.2, 0) is 0 Å². The number of thiophene rings is 1. The fourth-order valence-corrected chi connectivity index (χ4v) is 3.67. The van der Waals surface area contributed by atoms with Crippen molar-refractivity contribution in [2.24, 2.45) is 0 Å². The van der Waals surface area contributed by atoms with Gasteiger partial charge < -0.3 is 0 Å². The summed E-state index contributed by atoms with van der Waals surface area (Å²) in [4.78, 5) is 15.0. The summed E-state index contributed by atoms with van der Waals surface area (Å²) in [6.45, 7) is 0. The zero-order valence-corrected chi connectivity index (χ0v) is 15.0. The van der Waals surface area contributed by atoms with Crippen molar-refractivity contribution >= 4 is 27.3 Å². The van der Waals surface area contributed by atoms with Crippen LogP contribution in [0.2, 0.25) is 0 Å². The quantitative estimate of drug-likeness (QED) is 0.448. The second-order valence-corrected chi connectivity index (χ2v) is 7.61. The molecule has 0 bridgehead atoms. The van der Waals surface area contributed by atoms with Gasteiger partial charge in [0.2, 0.25) is 0 Å². The number of rotatable bonds is 3. The smallest absolute Gasteiger partial charge is 0.174 e. The predicted octanol–water partition coefficient (Wildman–Crippen LogP) is 5.70. The molecule has 116 valence electrons. The predicted molar refractivity (Wildman–Crippen MR) is 102 cm³/mol. The first-order chi connectivity index (χ1) is 11.8. The lowest BCUT2D eigenvalue weighted by atomic mass is 10.2. The summed E-state index contributed by atoms with van der Waals surface area (Å²) in [6.07, 6.45) is 0. The molecule has 0 N–H and O–H groups in total. The Morgan fingerprint density at radius 3 is 1.54 bits per heavy atom. The molecule has 0 aliphatic heterocycles. The molecule has 2 heterocycles. The van der Waals surface area contributed by atoms with E-state index < -0.39 is 0 Å². The molecular formula is C19H12BrN3S. The molecule has 0 amide bonds. The maximum Gasteiger partial charge on any atom is 0.174 e. The standard InChI is InChI=1S/C19H12BrN3S/c20-16-12-11-15(24-16)19-22-17(13-7-3-1-4-8-13)21-18(23-19)14-9-5-2-6-10-14/h1-12H. The van der Waals surface area contributed by atoms with Crippen LogP contribution in [0.3, 0.4) is 0 Å². The summed E-state index contributed by atoms with van der Waals surface area (Å²) in [5.74, 6) is 2.06. The maximum absolute atomic E-state index is 4.68. The minimum atomic E-state index is 0.684. The molecule has 24 heavy (non-hydrogen) atoms. The molecule has 0 saturated heterocycles. The van der Waals surface area contributed by atoms with E-state index in [4.69, 9.17) is 0 Å².